The molecule has 0 aliphatic carbocycles. The Balaban J connectivity index is 2.13. The lowest BCUT2D eigenvalue weighted by atomic mass is 10.1. The van der Waals surface area contributed by atoms with Crippen molar-refractivity contribution in [2.24, 2.45) is 5.92 Å². The van der Waals surface area contributed by atoms with E-state index >= 15 is 0 Å². The zero-order chi connectivity index (χ0) is 15.4. The number of carbonyl (C=O) groups is 1. The highest BCUT2D eigenvalue weighted by Crippen LogP contribution is 2.15. The summed E-state index contributed by atoms with van der Waals surface area (Å²) in [6, 6.07) is 3.91. The highest BCUT2D eigenvalue weighted by molar-refractivity contribution is 5.66. The molecule has 21 heavy (non-hydrogen) atoms. The van der Waals surface area contributed by atoms with E-state index in [0.29, 0.717) is 12.4 Å². The second-order valence-corrected chi connectivity index (χ2v) is 4.87. The molecule has 1 heterocycles. The molecule has 2 aromatic rings. The Bertz CT molecular complexity index is 645. The number of aromatic nitrogens is 4. The van der Waals surface area contributed by atoms with Crippen LogP contribution < -0.4 is 0 Å². The summed E-state index contributed by atoms with van der Waals surface area (Å²) in [7, 11) is 0. The highest BCUT2D eigenvalue weighted by atomic mass is 19.2. The first-order valence-electron chi connectivity index (χ1n) is 6.37. The maximum absolute atomic E-state index is 13.6. The second kappa shape index (κ2) is 6.38. The Labute approximate surface area is 119 Å². The van der Waals surface area contributed by atoms with E-state index in [4.69, 9.17) is 5.11 Å². The van der Waals surface area contributed by atoms with E-state index in [2.05, 4.69) is 15.5 Å². The first-order valence-corrected chi connectivity index (χ1v) is 6.37. The second-order valence-electron chi connectivity index (χ2n) is 4.87. The molecular weight excluding hydrogens is 282 g/mol. The predicted octanol–water partition coefficient (Wildman–Crippen LogP) is 1.65. The normalized spacial score (nSPS) is 12.3. The summed E-state index contributed by atoms with van der Waals surface area (Å²) in [5, 5.41) is 19.8. The van der Waals surface area contributed by atoms with Crippen LogP contribution in [-0.4, -0.2) is 31.3 Å². The summed E-state index contributed by atoms with van der Waals surface area (Å²) in [6.07, 6.45) is 0.0179. The lowest BCUT2D eigenvalue weighted by Gasteiger charge is -2.10. The van der Waals surface area contributed by atoms with Crippen molar-refractivity contribution in [3.05, 3.63) is 41.2 Å². The van der Waals surface area contributed by atoms with Gasteiger partial charge < -0.3 is 5.11 Å². The van der Waals surface area contributed by atoms with Crippen molar-refractivity contribution in [1.29, 1.82) is 0 Å². The maximum atomic E-state index is 13.6. The van der Waals surface area contributed by atoms with Crippen molar-refractivity contribution in [2.75, 3.05) is 0 Å². The van der Waals surface area contributed by atoms with Crippen LogP contribution >= 0.6 is 0 Å². The van der Waals surface area contributed by atoms with Crippen LogP contribution in [0.5, 0.6) is 0 Å². The van der Waals surface area contributed by atoms with Gasteiger partial charge >= 0.3 is 5.97 Å². The number of nitrogens with zero attached hydrogens (tertiary/aromatic N) is 4. The molecule has 1 atom stereocenters. The fourth-order valence-electron chi connectivity index (χ4n) is 2.00. The van der Waals surface area contributed by atoms with E-state index in [1.807, 2.05) is 0 Å². The number of hydrogen-bond donors (Lipinski definition) is 1. The molecular formula is C13H14F2N4O2. The molecule has 1 unspecified atom stereocenters. The Hall–Kier alpha value is -2.38. The van der Waals surface area contributed by atoms with Crippen LogP contribution in [0.1, 0.15) is 24.7 Å². The van der Waals surface area contributed by atoms with Gasteiger partial charge in [-0.3, -0.25) is 4.79 Å². The molecule has 0 saturated heterocycles. The summed E-state index contributed by atoms with van der Waals surface area (Å²) in [5.41, 5.74) is 0.150. The van der Waals surface area contributed by atoms with Gasteiger partial charge in [-0.05, 0) is 28.0 Å². The van der Waals surface area contributed by atoms with Gasteiger partial charge in [0, 0.05) is 19.4 Å². The van der Waals surface area contributed by atoms with Gasteiger partial charge in [-0.1, -0.05) is 19.1 Å². The number of carboxylic acid groups (broad SMARTS) is 1. The van der Waals surface area contributed by atoms with Gasteiger partial charge in [0.15, 0.2) is 17.5 Å². The molecule has 2 rings (SSSR count). The van der Waals surface area contributed by atoms with Crippen LogP contribution in [0, 0.1) is 17.6 Å². The SMILES string of the molecule is CC(CC(=O)O)Cn1nnnc1Cc1cccc(F)c1F. The van der Waals surface area contributed by atoms with Crippen LogP contribution in [0.2, 0.25) is 0 Å². The summed E-state index contributed by atoms with van der Waals surface area (Å²) < 4.78 is 28.2. The molecule has 0 fully saturated rings. The summed E-state index contributed by atoms with van der Waals surface area (Å²) in [4.78, 5) is 10.6. The number of aliphatic carboxylic acids is 1. The minimum absolute atomic E-state index is 0.0202. The minimum atomic E-state index is -0.925. The van der Waals surface area contributed by atoms with Crippen LogP contribution in [-0.2, 0) is 17.8 Å². The van der Waals surface area contributed by atoms with E-state index in [0.717, 1.165) is 6.07 Å². The zero-order valence-electron chi connectivity index (χ0n) is 11.3. The number of carboxylic acids is 1. The highest BCUT2D eigenvalue weighted by Gasteiger charge is 2.15. The molecule has 112 valence electrons. The summed E-state index contributed by atoms with van der Waals surface area (Å²) in [5.74, 6) is -2.58. The van der Waals surface area contributed by atoms with E-state index in [9.17, 15) is 13.6 Å². The smallest absolute Gasteiger partial charge is 0.303 e. The molecule has 0 bridgehead atoms. The third-order valence-electron chi connectivity index (χ3n) is 2.99. The molecule has 8 heteroatoms. The predicted molar refractivity (Wildman–Crippen MR) is 68.4 cm³/mol. The quantitative estimate of drug-likeness (QED) is 0.876. The van der Waals surface area contributed by atoms with Crippen molar-refractivity contribution in [3.8, 4) is 0 Å². The first-order chi connectivity index (χ1) is 9.97. The fourth-order valence-corrected chi connectivity index (χ4v) is 2.00. The van der Waals surface area contributed by atoms with E-state index in [-0.39, 0.29) is 24.3 Å². The maximum Gasteiger partial charge on any atom is 0.303 e. The van der Waals surface area contributed by atoms with Gasteiger partial charge in [0.25, 0.3) is 0 Å². The Morgan fingerprint density at radius 2 is 2.19 bits per heavy atom. The van der Waals surface area contributed by atoms with Gasteiger partial charge in [0.1, 0.15) is 0 Å². The van der Waals surface area contributed by atoms with Crippen molar-refractivity contribution >= 4 is 5.97 Å². The first kappa shape index (κ1) is 15.0. The van der Waals surface area contributed by atoms with Crippen molar-refractivity contribution < 1.29 is 18.7 Å². The molecule has 0 saturated carbocycles. The number of halogens is 2. The van der Waals surface area contributed by atoms with Crippen LogP contribution in [0.4, 0.5) is 8.78 Å². The molecule has 1 aromatic carbocycles. The van der Waals surface area contributed by atoms with Crippen LogP contribution in [0.3, 0.4) is 0 Å². The molecule has 0 radical (unpaired) electrons. The lowest BCUT2D eigenvalue weighted by molar-refractivity contribution is -0.138. The van der Waals surface area contributed by atoms with Gasteiger partial charge in [0.2, 0.25) is 0 Å². The molecule has 0 spiro atoms. The molecule has 0 aliphatic rings. The molecule has 0 amide bonds. The summed E-state index contributed by atoms with van der Waals surface area (Å²) >= 11 is 0. The zero-order valence-corrected chi connectivity index (χ0v) is 11.3. The largest absolute Gasteiger partial charge is 0.481 e. The van der Waals surface area contributed by atoms with Crippen molar-refractivity contribution in [2.45, 2.75) is 26.3 Å². The standard InChI is InChI=1S/C13H14F2N4O2/c1-8(5-12(20)21)7-19-11(16-17-18-19)6-9-3-2-4-10(14)13(9)15/h2-4,8H,5-7H2,1H3,(H,20,21). The molecule has 1 aromatic heterocycles. The summed E-state index contributed by atoms with van der Waals surface area (Å²) in [6.45, 7) is 2.05. The topological polar surface area (TPSA) is 80.9 Å². The van der Waals surface area contributed by atoms with Gasteiger partial charge in [-0.25, -0.2) is 13.5 Å². The third kappa shape index (κ3) is 3.80. The van der Waals surface area contributed by atoms with E-state index in [1.165, 1.54) is 16.8 Å². The van der Waals surface area contributed by atoms with E-state index < -0.39 is 17.6 Å². The van der Waals surface area contributed by atoms with Crippen molar-refractivity contribution in [1.82, 2.24) is 20.2 Å². The number of tetrazole rings is 1. The third-order valence-corrected chi connectivity index (χ3v) is 2.99. The Morgan fingerprint density at radius 3 is 2.90 bits per heavy atom. The minimum Gasteiger partial charge on any atom is -0.481 e. The fraction of sp³-hybridized carbons (Fsp3) is 0.385. The Kier molecular flexibility index (Phi) is 4.56. The van der Waals surface area contributed by atoms with E-state index in [1.54, 1.807) is 6.92 Å². The average molecular weight is 296 g/mol. The van der Waals surface area contributed by atoms with Crippen LogP contribution in [0.25, 0.3) is 0 Å². The van der Waals surface area contributed by atoms with Gasteiger partial charge in [-0.15, -0.1) is 5.10 Å². The number of rotatable bonds is 6. The van der Waals surface area contributed by atoms with Crippen molar-refractivity contribution in [3.63, 3.8) is 0 Å². The molecule has 0 aliphatic heterocycles. The van der Waals surface area contributed by atoms with Gasteiger partial charge in [0.05, 0.1) is 0 Å². The number of hydrogen-bond acceptors (Lipinski definition) is 4. The van der Waals surface area contributed by atoms with Crippen LogP contribution in [0.15, 0.2) is 18.2 Å². The Morgan fingerprint density at radius 1 is 1.43 bits per heavy atom. The number of benzene rings is 1. The average Bonchev–Trinajstić information content (AvgIpc) is 2.81. The van der Waals surface area contributed by atoms with Gasteiger partial charge in [-0.2, -0.15) is 0 Å². The molecule has 6 nitrogen and oxygen atoms in total. The monoisotopic (exact) mass is 296 g/mol. The lowest BCUT2D eigenvalue weighted by Crippen LogP contribution is -2.16. The molecule has 1 N–H and O–H groups in total.